The van der Waals surface area contributed by atoms with Crippen molar-refractivity contribution in [2.45, 2.75) is 51.5 Å². The summed E-state index contributed by atoms with van der Waals surface area (Å²) in [6.07, 6.45) is 5.45. The number of nitrogens with one attached hydrogen (secondary N) is 2. The molecule has 1 atom stereocenters. The molecule has 0 bridgehead atoms. The molecule has 2 aromatic rings. The van der Waals surface area contributed by atoms with Crippen LogP contribution in [0.2, 0.25) is 0 Å². The smallest absolute Gasteiger partial charge is 0.321 e. The lowest BCUT2D eigenvalue weighted by Gasteiger charge is -2.36. The molecule has 2 aromatic carbocycles. The van der Waals surface area contributed by atoms with Gasteiger partial charge in [-0.2, -0.15) is 0 Å². The van der Waals surface area contributed by atoms with Gasteiger partial charge in [0.15, 0.2) is 0 Å². The second-order valence-electron chi connectivity index (χ2n) is 8.84. The predicted octanol–water partition coefficient (Wildman–Crippen LogP) is 4.57. The van der Waals surface area contributed by atoms with Gasteiger partial charge in [0.25, 0.3) is 0 Å². The molecule has 2 aliphatic heterocycles. The molecule has 0 saturated carbocycles. The quantitative estimate of drug-likeness (QED) is 0.719. The van der Waals surface area contributed by atoms with Crippen LogP contribution in [0.25, 0.3) is 0 Å². The normalized spacial score (nSPS) is 18.2. The number of likely N-dealkylation sites (tertiary alicyclic amines) is 1. The first kappa shape index (κ1) is 22.8. The Hall–Kier alpha value is -3.35. The van der Waals surface area contributed by atoms with Crippen LogP contribution in [0.5, 0.6) is 0 Å². The Kier molecular flexibility index (Phi) is 7.27. The number of carbonyl (C=O) groups is 3. The topological polar surface area (TPSA) is 81.8 Å². The largest absolute Gasteiger partial charge is 0.335 e. The standard InChI is InChI=1S/C26H32N4O3/c1-19(31)30-17-14-20-8-4-5-9-23(20)24(30)18-25(32)27-21-10-12-22(13-11-21)28-26(33)29-15-6-2-3-7-16-29/h4-5,8-13,24H,2-3,6-7,14-18H2,1H3,(H,27,32)(H,28,33)/t24-/m0/s1. The fourth-order valence-electron chi connectivity index (χ4n) is 4.75. The van der Waals surface area contributed by atoms with Crippen molar-refractivity contribution in [2.75, 3.05) is 30.3 Å². The van der Waals surface area contributed by atoms with E-state index in [4.69, 9.17) is 0 Å². The fraction of sp³-hybridized carbons (Fsp3) is 0.423. The van der Waals surface area contributed by atoms with E-state index < -0.39 is 0 Å². The third kappa shape index (κ3) is 5.72. The molecule has 174 valence electrons. The monoisotopic (exact) mass is 448 g/mol. The molecular weight excluding hydrogens is 416 g/mol. The van der Waals surface area contributed by atoms with Crippen LogP contribution >= 0.6 is 0 Å². The van der Waals surface area contributed by atoms with E-state index >= 15 is 0 Å². The van der Waals surface area contributed by atoms with Crippen LogP contribution in [-0.2, 0) is 16.0 Å². The molecule has 4 amide bonds. The Morgan fingerprint density at radius 3 is 2.15 bits per heavy atom. The molecule has 0 spiro atoms. The SMILES string of the molecule is CC(=O)N1CCc2ccccc2[C@@H]1CC(=O)Nc1ccc(NC(=O)N2CCCCCC2)cc1. The highest BCUT2D eigenvalue weighted by molar-refractivity contribution is 5.93. The summed E-state index contributed by atoms with van der Waals surface area (Å²) in [6.45, 7) is 3.76. The summed E-state index contributed by atoms with van der Waals surface area (Å²) in [4.78, 5) is 41.2. The number of nitrogens with zero attached hydrogens (tertiary/aromatic N) is 2. The highest BCUT2D eigenvalue weighted by Gasteiger charge is 2.30. The number of rotatable bonds is 4. The summed E-state index contributed by atoms with van der Waals surface area (Å²) in [5.74, 6) is -0.170. The van der Waals surface area contributed by atoms with Gasteiger partial charge >= 0.3 is 6.03 Å². The molecule has 0 aliphatic carbocycles. The summed E-state index contributed by atoms with van der Waals surface area (Å²) in [5.41, 5.74) is 3.59. The lowest BCUT2D eigenvalue weighted by molar-refractivity contribution is -0.132. The number of benzene rings is 2. The summed E-state index contributed by atoms with van der Waals surface area (Å²) in [7, 11) is 0. The average molecular weight is 449 g/mol. The van der Waals surface area contributed by atoms with Crippen molar-refractivity contribution >= 4 is 29.2 Å². The number of anilines is 2. The first-order valence-corrected chi connectivity index (χ1v) is 11.8. The molecule has 2 N–H and O–H groups in total. The Bertz CT molecular complexity index is 997. The second-order valence-corrected chi connectivity index (χ2v) is 8.84. The highest BCUT2D eigenvalue weighted by Crippen LogP contribution is 2.32. The van der Waals surface area contributed by atoms with E-state index in [0.29, 0.717) is 17.9 Å². The molecule has 33 heavy (non-hydrogen) atoms. The molecule has 0 unspecified atom stereocenters. The van der Waals surface area contributed by atoms with Crippen molar-refractivity contribution in [1.82, 2.24) is 9.80 Å². The van der Waals surface area contributed by atoms with Crippen molar-refractivity contribution < 1.29 is 14.4 Å². The minimum Gasteiger partial charge on any atom is -0.335 e. The van der Waals surface area contributed by atoms with Gasteiger partial charge < -0.3 is 20.4 Å². The van der Waals surface area contributed by atoms with Crippen molar-refractivity contribution in [2.24, 2.45) is 0 Å². The van der Waals surface area contributed by atoms with E-state index in [0.717, 1.165) is 37.9 Å². The van der Waals surface area contributed by atoms with Crippen LogP contribution in [-0.4, -0.2) is 47.3 Å². The maximum absolute atomic E-state index is 12.8. The summed E-state index contributed by atoms with van der Waals surface area (Å²) in [6, 6.07) is 14.8. The van der Waals surface area contributed by atoms with Crippen LogP contribution in [0, 0.1) is 0 Å². The second kappa shape index (κ2) is 10.5. The van der Waals surface area contributed by atoms with Crippen LogP contribution in [0.3, 0.4) is 0 Å². The first-order valence-electron chi connectivity index (χ1n) is 11.8. The van der Waals surface area contributed by atoms with Crippen LogP contribution < -0.4 is 10.6 Å². The summed E-state index contributed by atoms with van der Waals surface area (Å²) in [5, 5.41) is 5.88. The van der Waals surface area contributed by atoms with Gasteiger partial charge in [0, 0.05) is 37.9 Å². The van der Waals surface area contributed by atoms with Crippen molar-refractivity contribution in [1.29, 1.82) is 0 Å². The van der Waals surface area contributed by atoms with Gasteiger partial charge in [-0.3, -0.25) is 9.59 Å². The maximum Gasteiger partial charge on any atom is 0.321 e. The van der Waals surface area contributed by atoms with E-state index in [1.165, 1.54) is 18.4 Å². The number of hydrogen-bond acceptors (Lipinski definition) is 3. The van der Waals surface area contributed by atoms with Crippen LogP contribution in [0.15, 0.2) is 48.5 Å². The van der Waals surface area contributed by atoms with E-state index in [9.17, 15) is 14.4 Å². The zero-order valence-corrected chi connectivity index (χ0v) is 19.2. The number of fused-ring (bicyclic) bond motifs is 1. The zero-order valence-electron chi connectivity index (χ0n) is 19.2. The van der Waals surface area contributed by atoms with Gasteiger partial charge in [-0.25, -0.2) is 4.79 Å². The number of amides is 4. The van der Waals surface area contributed by atoms with E-state index in [-0.39, 0.29) is 30.3 Å². The lowest BCUT2D eigenvalue weighted by Crippen LogP contribution is -2.40. The van der Waals surface area contributed by atoms with Gasteiger partial charge in [-0.05, 0) is 54.7 Å². The molecule has 1 fully saturated rings. The van der Waals surface area contributed by atoms with E-state index in [2.05, 4.69) is 16.7 Å². The van der Waals surface area contributed by atoms with Crippen LogP contribution in [0.4, 0.5) is 16.2 Å². The molecule has 7 nitrogen and oxygen atoms in total. The summed E-state index contributed by atoms with van der Waals surface area (Å²) < 4.78 is 0. The molecule has 2 heterocycles. The lowest BCUT2D eigenvalue weighted by atomic mass is 9.90. The molecule has 2 aliphatic rings. The van der Waals surface area contributed by atoms with Gasteiger partial charge in [0.05, 0.1) is 12.5 Å². The van der Waals surface area contributed by atoms with Crippen LogP contribution in [0.1, 0.15) is 56.2 Å². The van der Waals surface area contributed by atoms with Gasteiger partial charge in [0.2, 0.25) is 11.8 Å². The van der Waals surface area contributed by atoms with E-state index in [1.807, 2.05) is 23.1 Å². The number of carbonyl (C=O) groups excluding carboxylic acids is 3. The Morgan fingerprint density at radius 2 is 1.48 bits per heavy atom. The molecule has 0 aromatic heterocycles. The minimum absolute atomic E-state index is 0.0215. The third-order valence-electron chi connectivity index (χ3n) is 6.51. The first-order chi connectivity index (χ1) is 16.0. The molecule has 1 saturated heterocycles. The Balaban J connectivity index is 1.36. The molecule has 0 radical (unpaired) electrons. The zero-order chi connectivity index (χ0) is 23.2. The van der Waals surface area contributed by atoms with Crippen molar-refractivity contribution in [3.8, 4) is 0 Å². The predicted molar refractivity (Wildman–Crippen MR) is 129 cm³/mol. The fourth-order valence-corrected chi connectivity index (χ4v) is 4.75. The van der Waals surface area contributed by atoms with Gasteiger partial charge in [0.1, 0.15) is 0 Å². The number of hydrogen-bond donors (Lipinski definition) is 2. The summed E-state index contributed by atoms with van der Waals surface area (Å²) >= 11 is 0. The maximum atomic E-state index is 12.8. The third-order valence-corrected chi connectivity index (χ3v) is 6.51. The molecule has 4 rings (SSSR count). The van der Waals surface area contributed by atoms with Gasteiger partial charge in [-0.1, -0.05) is 37.1 Å². The Labute approximate surface area is 195 Å². The van der Waals surface area contributed by atoms with Crippen molar-refractivity contribution in [3.63, 3.8) is 0 Å². The average Bonchev–Trinajstić information content (AvgIpc) is 3.10. The number of urea groups is 1. The van der Waals surface area contributed by atoms with E-state index in [1.54, 1.807) is 36.1 Å². The van der Waals surface area contributed by atoms with Crippen molar-refractivity contribution in [3.05, 3.63) is 59.7 Å². The Morgan fingerprint density at radius 1 is 0.848 bits per heavy atom. The molecular formula is C26H32N4O3. The van der Waals surface area contributed by atoms with Gasteiger partial charge in [-0.15, -0.1) is 0 Å². The minimum atomic E-state index is -0.264. The molecule has 7 heteroatoms. The highest BCUT2D eigenvalue weighted by atomic mass is 16.2.